The van der Waals surface area contributed by atoms with Crippen molar-refractivity contribution in [2.75, 3.05) is 6.54 Å². The van der Waals surface area contributed by atoms with E-state index in [-0.39, 0.29) is 0 Å². The molecule has 0 amide bonds. The van der Waals surface area contributed by atoms with Gasteiger partial charge in [-0.3, -0.25) is 0 Å². The van der Waals surface area contributed by atoms with Crippen molar-refractivity contribution in [1.82, 2.24) is 0 Å². The Morgan fingerprint density at radius 3 is 2.29 bits per heavy atom. The van der Waals surface area contributed by atoms with Crippen LogP contribution >= 0.6 is 0 Å². The summed E-state index contributed by atoms with van der Waals surface area (Å²) in [5, 5.41) is 9.40. The molecule has 1 aromatic rings. The van der Waals surface area contributed by atoms with E-state index in [0.717, 1.165) is 6.42 Å². The summed E-state index contributed by atoms with van der Waals surface area (Å²) < 4.78 is 5.26. The van der Waals surface area contributed by atoms with Gasteiger partial charge in [0.1, 0.15) is 5.75 Å². The van der Waals surface area contributed by atoms with Crippen LogP contribution in [0, 0.1) is 0 Å². The van der Waals surface area contributed by atoms with Crippen molar-refractivity contribution in [2.45, 2.75) is 26.1 Å². The van der Waals surface area contributed by atoms with Gasteiger partial charge in [0, 0.05) is 13.8 Å². The normalized spacial score (nSPS) is 11.4. The zero-order valence-corrected chi connectivity index (χ0v) is 8.66. The third-order valence-corrected chi connectivity index (χ3v) is 1.72. The summed E-state index contributed by atoms with van der Waals surface area (Å²) in [4.78, 5) is 0. The molecule has 3 N–H and O–H groups in total. The number of nitrogens with two attached hydrogens (primary N) is 1. The Hall–Kier alpha value is -1.06. The predicted octanol–water partition coefficient (Wildman–Crippen LogP) is 1.30. The van der Waals surface area contributed by atoms with E-state index in [0.29, 0.717) is 12.3 Å². The minimum atomic E-state index is -1.13. The lowest BCUT2D eigenvalue weighted by Gasteiger charge is -2.19. The Bertz CT molecular complexity index is 274. The van der Waals surface area contributed by atoms with Crippen LogP contribution in [0.25, 0.3) is 0 Å². The molecule has 14 heavy (non-hydrogen) atoms. The van der Waals surface area contributed by atoms with Crippen LogP contribution in [0.4, 0.5) is 0 Å². The molecule has 0 saturated heterocycles. The van der Waals surface area contributed by atoms with E-state index >= 15 is 0 Å². The molecule has 0 saturated carbocycles. The lowest BCUT2D eigenvalue weighted by molar-refractivity contribution is -0.104. The topological polar surface area (TPSA) is 55.5 Å². The van der Waals surface area contributed by atoms with Gasteiger partial charge in [-0.25, -0.2) is 0 Å². The minimum Gasteiger partial charge on any atom is -0.463 e. The summed E-state index contributed by atoms with van der Waals surface area (Å²) in [7, 11) is 0. The summed E-state index contributed by atoms with van der Waals surface area (Å²) in [5.41, 5.74) is 6.61. The van der Waals surface area contributed by atoms with E-state index in [1.54, 1.807) is 13.8 Å². The maximum atomic E-state index is 9.40. The van der Waals surface area contributed by atoms with Crippen molar-refractivity contribution in [2.24, 2.45) is 5.73 Å². The average molecular weight is 195 g/mol. The third kappa shape index (κ3) is 3.77. The molecule has 1 aromatic carbocycles. The Balaban J connectivity index is 2.64. The van der Waals surface area contributed by atoms with E-state index in [4.69, 9.17) is 10.5 Å². The molecular weight excluding hydrogens is 178 g/mol. The van der Waals surface area contributed by atoms with Gasteiger partial charge in [-0.15, -0.1) is 0 Å². The monoisotopic (exact) mass is 195 g/mol. The quantitative estimate of drug-likeness (QED) is 0.712. The molecule has 0 aromatic heterocycles. The van der Waals surface area contributed by atoms with Crippen molar-refractivity contribution in [3.8, 4) is 5.75 Å². The lowest BCUT2D eigenvalue weighted by atomic mass is 10.1. The highest BCUT2D eigenvalue weighted by molar-refractivity contribution is 5.27. The van der Waals surface area contributed by atoms with Gasteiger partial charge in [0.15, 0.2) is 0 Å². The summed E-state index contributed by atoms with van der Waals surface area (Å²) in [5.74, 6) is -0.465. The fourth-order valence-corrected chi connectivity index (χ4v) is 1.18. The second-order valence-corrected chi connectivity index (χ2v) is 3.73. The van der Waals surface area contributed by atoms with Crippen molar-refractivity contribution in [1.29, 1.82) is 0 Å². The molecule has 3 heteroatoms. The summed E-state index contributed by atoms with van der Waals surface area (Å²) >= 11 is 0. The van der Waals surface area contributed by atoms with Gasteiger partial charge in [-0.2, -0.15) is 0 Å². The largest absolute Gasteiger partial charge is 0.463 e. The van der Waals surface area contributed by atoms with Gasteiger partial charge in [0.05, 0.1) is 0 Å². The average Bonchev–Trinajstić information content (AvgIpc) is 2.06. The lowest BCUT2D eigenvalue weighted by Crippen LogP contribution is -2.26. The van der Waals surface area contributed by atoms with Gasteiger partial charge < -0.3 is 15.6 Å². The molecular formula is C11H17NO2. The van der Waals surface area contributed by atoms with Crippen LogP contribution in [0.5, 0.6) is 5.75 Å². The number of benzene rings is 1. The Morgan fingerprint density at radius 2 is 1.86 bits per heavy atom. The van der Waals surface area contributed by atoms with Crippen LogP contribution < -0.4 is 10.5 Å². The molecule has 3 nitrogen and oxygen atoms in total. The van der Waals surface area contributed by atoms with Gasteiger partial charge in [-0.1, -0.05) is 12.1 Å². The maximum absolute atomic E-state index is 9.40. The van der Waals surface area contributed by atoms with Gasteiger partial charge in [0.25, 0.3) is 0 Å². The smallest absolute Gasteiger partial charge is 0.202 e. The van der Waals surface area contributed by atoms with Gasteiger partial charge >= 0.3 is 0 Å². The van der Waals surface area contributed by atoms with Crippen LogP contribution in [0.1, 0.15) is 19.4 Å². The first-order valence-electron chi connectivity index (χ1n) is 4.72. The number of hydrogen-bond donors (Lipinski definition) is 2. The standard InChI is InChI=1S/C11H17NO2/c1-11(2,13)14-10-5-3-9(4-6-10)7-8-12/h3-6,13H,7-8,12H2,1-2H3. The zero-order chi connectivity index (χ0) is 10.6. The molecule has 78 valence electrons. The highest BCUT2D eigenvalue weighted by Crippen LogP contribution is 2.17. The van der Waals surface area contributed by atoms with Gasteiger partial charge in [0.2, 0.25) is 5.79 Å². The number of rotatable bonds is 4. The van der Waals surface area contributed by atoms with E-state index in [1.807, 2.05) is 24.3 Å². The summed E-state index contributed by atoms with van der Waals surface area (Å²) in [6.45, 7) is 3.84. The SMILES string of the molecule is CC(C)(O)Oc1ccc(CCN)cc1. The molecule has 0 unspecified atom stereocenters. The summed E-state index contributed by atoms with van der Waals surface area (Å²) in [6.07, 6.45) is 0.864. The Labute approximate surface area is 84.5 Å². The number of aliphatic hydroxyl groups is 1. The van der Waals surface area contributed by atoms with E-state index in [9.17, 15) is 5.11 Å². The molecule has 0 aliphatic heterocycles. The fourth-order valence-electron chi connectivity index (χ4n) is 1.18. The molecule has 0 aliphatic rings. The molecule has 0 bridgehead atoms. The van der Waals surface area contributed by atoms with Crippen LogP contribution in [0.15, 0.2) is 24.3 Å². The minimum absolute atomic E-state index is 0.645. The molecule has 0 radical (unpaired) electrons. The second-order valence-electron chi connectivity index (χ2n) is 3.73. The molecule has 0 heterocycles. The van der Waals surface area contributed by atoms with Gasteiger partial charge in [-0.05, 0) is 30.7 Å². The van der Waals surface area contributed by atoms with E-state index in [1.165, 1.54) is 5.56 Å². The Morgan fingerprint density at radius 1 is 1.29 bits per heavy atom. The van der Waals surface area contributed by atoms with Crippen molar-refractivity contribution < 1.29 is 9.84 Å². The first-order chi connectivity index (χ1) is 6.51. The van der Waals surface area contributed by atoms with Crippen molar-refractivity contribution in [3.05, 3.63) is 29.8 Å². The van der Waals surface area contributed by atoms with E-state index < -0.39 is 5.79 Å². The zero-order valence-electron chi connectivity index (χ0n) is 8.66. The first-order valence-corrected chi connectivity index (χ1v) is 4.72. The highest BCUT2D eigenvalue weighted by Gasteiger charge is 2.13. The predicted molar refractivity (Wildman–Crippen MR) is 56.1 cm³/mol. The number of hydrogen-bond acceptors (Lipinski definition) is 3. The first kappa shape index (κ1) is 11.0. The molecule has 1 rings (SSSR count). The third-order valence-electron chi connectivity index (χ3n) is 1.72. The summed E-state index contributed by atoms with van der Waals surface area (Å²) in [6, 6.07) is 7.58. The van der Waals surface area contributed by atoms with Crippen molar-refractivity contribution >= 4 is 0 Å². The highest BCUT2D eigenvalue weighted by atomic mass is 16.6. The molecule has 0 fully saturated rings. The molecule has 0 atom stereocenters. The van der Waals surface area contributed by atoms with Crippen molar-refractivity contribution in [3.63, 3.8) is 0 Å². The van der Waals surface area contributed by atoms with E-state index in [2.05, 4.69) is 0 Å². The van der Waals surface area contributed by atoms with Crippen LogP contribution in [-0.2, 0) is 6.42 Å². The maximum Gasteiger partial charge on any atom is 0.202 e. The molecule has 0 spiro atoms. The van der Waals surface area contributed by atoms with Crippen LogP contribution in [0.3, 0.4) is 0 Å². The van der Waals surface area contributed by atoms with Crippen LogP contribution in [0.2, 0.25) is 0 Å². The second kappa shape index (κ2) is 4.44. The Kier molecular flexibility index (Phi) is 3.49. The fraction of sp³-hybridized carbons (Fsp3) is 0.455. The number of ether oxygens (including phenoxy) is 1. The molecule has 0 aliphatic carbocycles. The van der Waals surface area contributed by atoms with Crippen LogP contribution in [-0.4, -0.2) is 17.4 Å².